The molecule has 0 spiro atoms. The van der Waals surface area contributed by atoms with E-state index in [0.29, 0.717) is 6.54 Å². The summed E-state index contributed by atoms with van der Waals surface area (Å²) >= 11 is 0. The molecule has 0 saturated heterocycles. The molecule has 0 unspecified atom stereocenters. The van der Waals surface area contributed by atoms with Crippen molar-refractivity contribution in [3.8, 4) is 0 Å². The molecular weight excluding hydrogens is 326 g/mol. The second-order valence-electron chi connectivity index (χ2n) is 6.19. The molecule has 3 rings (SSSR count). The molecule has 1 atom stereocenters. The molecule has 0 aliphatic rings. The Morgan fingerprint density at radius 3 is 2.08 bits per heavy atom. The number of aromatic nitrogens is 2. The van der Waals surface area contributed by atoms with Crippen LogP contribution in [0.15, 0.2) is 79.4 Å². The van der Waals surface area contributed by atoms with E-state index in [2.05, 4.69) is 34.1 Å². The summed E-state index contributed by atoms with van der Waals surface area (Å²) in [5.74, 6) is -0.269. The van der Waals surface area contributed by atoms with Crippen LogP contribution in [0.2, 0.25) is 0 Å². The normalized spacial score (nSPS) is 12.1. The van der Waals surface area contributed by atoms with E-state index in [9.17, 15) is 4.79 Å². The molecule has 26 heavy (non-hydrogen) atoms. The number of carbonyl (C=O) groups is 1. The first-order chi connectivity index (χ1) is 12.8. The Labute approximate surface area is 153 Å². The van der Waals surface area contributed by atoms with E-state index in [1.807, 2.05) is 36.4 Å². The molecule has 5 heteroatoms. The number of carbonyl (C=O) groups excluding carboxylic acids is 1. The fourth-order valence-electron chi connectivity index (χ4n) is 2.99. The fourth-order valence-corrected chi connectivity index (χ4v) is 2.99. The number of nitrogens with zero attached hydrogens (tertiary/aromatic N) is 3. The molecule has 0 N–H and O–H groups in total. The second kappa shape index (κ2) is 8.97. The highest BCUT2D eigenvalue weighted by molar-refractivity contribution is 5.74. The van der Waals surface area contributed by atoms with E-state index >= 15 is 0 Å². The maximum absolute atomic E-state index is 12.4. The molecule has 0 bridgehead atoms. The zero-order valence-corrected chi connectivity index (χ0v) is 14.9. The van der Waals surface area contributed by atoms with Crippen LogP contribution in [0.25, 0.3) is 0 Å². The minimum atomic E-state index is -0.435. The summed E-state index contributed by atoms with van der Waals surface area (Å²) in [6, 6.07) is 20.1. The van der Waals surface area contributed by atoms with E-state index in [-0.39, 0.29) is 5.97 Å². The minimum absolute atomic E-state index is 0.269. The van der Waals surface area contributed by atoms with Gasteiger partial charge < -0.3 is 9.30 Å². The topological polar surface area (TPSA) is 47.4 Å². The van der Waals surface area contributed by atoms with Crippen molar-refractivity contribution in [2.75, 3.05) is 13.7 Å². The Morgan fingerprint density at radius 2 is 1.62 bits per heavy atom. The van der Waals surface area contributed by atoms with Gasteiger partial charge in [-0.05, 0) is 11.1 Å². The van der Waals surface area contributed by atoms with E-state index in [1.165, 1.54) is 18.2 Å². The third kappa shape index (κ3) is 4.80. The molecule has 0 aliphatic carbocycles. The lowest BCUT2D eigenvalue weighted by Crippen LogP contribution is -2.34. The third-order valence-electron chi connectivity index (χ3n) is 4.29. The summed E-state index contributed by atoms with van der Waals surface area (Å²) in [6.07, 6.45) is 5.13. The number of hydrogen-bond donors (Lipinski definition) is 0. The van der Waals surface area contributed by atoms with Crippen molar-refractivity contribution in [2.45, 2.75) is 19.1 Å². The summed E-state index contributed by atoms with van der Waals surface area (Å²) in [7, 11) is 1.42. The van der Waals surface area contributed by atoms with Crippen molar-refractivity contribution in [3.05, 3.63) is 90.5 Å². The van der Waals surface area contributed by atoms with Gasteiger partial charge in [0, 0.05) is 32.0 Å². The first-order valence-corrected chi connectivity index (χ1v) is 8.61. The molecule has 0 radical (unpaired) electrons. The van der Waals surface area contributed by atoms with E-state index in [1.54, 1.807) is 23.3 Å². The van der Waals surface area contributed by atoms with Gasteiger partial charge in [-0.25, -0.2) is 9.78 Å². The van der Waals surface area contributed by atoms with Gasteiger partial charge in [-0.1, -0.05) is 60.7 Å². The molecule has 3 aromatic rings. The molecule has 134 valence electrons. The van der Waals surface area contributed by atoms with Crippen molar-refractivity contribution in [2.24, 2.45) is 0 Å². The van der Waals surface area contributed by atoms with Crippen LogP contribution in [0.4, 0.5) is 0 Å². The Balaban J connectivity index is 1.82. The third-order valence-corrected chi connectivity index (χ3v) is 4.29. The lowest BCUT2D eigenvalue weighted by molar-refractivity contribution is -0.145. The number of esters is 1. The largest absolute Gasteiger partial charge is 0.467 e. The van der Waals surface area contributed by atoms with Crippen LogP contribution < -0.4 is 0 Å². The van der Waals surface area contributed by atoms with Crippen LogP contribution in [0.3, 0.4) is 0 Å². The first-order valence-electron chi connectivity index (χ1n) is 8.61. The van der Waals surface area contributed by atoms with Gasteiger partial charge in [-0.2, -0.15) is 0 Å². The molecular formula is C21H23N3O2. The fraction of sp³-hybridized carbons (Fsp3) is 0.238. The average Bonchev–Trinajstić information content (AvgIpc) is 3.21. The van der Waals surface area contributed by atoms with Crippen LogP contribution in [0.5, 0.6) is 0 Å². The average molecular weight is 349 g/mol. The van der Waals surface area contributed by atoms with Gasteiger partial charge in [-0.15, -0.1) is 0 Å². The van der Waals surface area contributed by atoms with Gasteiger partial charge in [-0.3, -0.25) is 4.90 Å². The van der Waals surface area contributed by atoms with E-state index < -0.39 is 6.04 Å². The van der Waals surface area contributed by atoms with Gasteiger partial charge >= 0.3 is 5.97 Å². The summed E-state index contributed by atoms with van der Waals surface area (Å²) < 4.78 is 6.82. The second-order valence-corrected chi connectivity index (χ2v) is 6.19. The minimum Gasteiger partial charge on any atom is -0.467 e. The molecule has 0 saturated carbocycles. The smallest absolute Gasteiger partial charge is 0.330 e. The monoisotopic (exact) mass is 349 g/mol. The molecule has 1 aromatic heterocycles. The lowest BCUT2D eigenvalue weighted by atomic mass is 10.1. The summed E-state index contributed by atoms with van der Waals surface area (Å²) in [6.45, 7) is 2.03. The number of methoxy groups -OCH3 is 1. The highest BCUT2D eigenvalue weighted by Gasteiger charge is 2.24. The number of ether oxygens (including phenoxy) is 1. The number of imidazole rings is 1. The summed E-state index contributed by atoms with van der Waals surface area (Å²) in [4.78, 5) is 18.7. The highest BCUT2D eigenvalue weighted by Crippen LogP contribution is 2.16. The predicted octanol–water partition coefficient (Wildman–Crippen LogP) is 3.30. The lowest BCUT2D eigenvalue weighted by Gasteiger charge is -2.27. The van der Waals surface area contributed by atoms with Crippen LogP contribution in [-0.2, 0) is 22.6 Å². The quantitative estimate of drug-likeness (QED) is 0.586. The Hall–Kier alpha value is -2.92. The van der Waals surface area contributed by atoms with Gasteiger partial charge in [0.05, 0.1) is 13.4 Å². The van der Waals surface area contributed by atoms with Gasteiger partial charge in [0.1, 0.15) is 6.04 Å². The maximum Gasteiger partial charge on any atom is 0.330 e. The van der Waals surface area contributed by atoms with E-state index in [0.717, 1.165) is 13.1 Å². The van der Waals surface area contributed by atoms with E-state index in [4.69, 9.17) is 4.74 Å². The van der Waals surface area contributed by atoms with Crippen molar-refractivity contribution < 1.29 is 9.53 Å². The highest BCUT2D eigenvalue weighted by atomic mass is 16.5. The predicted molar refractivity (Wildman–Crippen MR) is 100 cm³/mol. The SMILES string of the molecule is COC(=O)[C@H](CN(Cc1ccccc1)Cc1ccccc1)n1ccnc1. The Bertz CT molecular complexity index is 747. The Kier molecular flexibility index (Phi) is 6.17. The van der Waals surface area contributed by atoms with Crippen LogP contribution in [-0.4, -0.2) is 34.1 Å². The zero-order chi connectivity index (χ0) is 18.2. The molecule has 0 aliphatic heterocycles. The summed E-state index contributed by atoms with van der Waals surface area (Å²) in [5.41, 5.74) is 2.41. The number of hydrogen-bond acceptors (Lipinski definition) is 4. The van der Waals surface area contributed by atoms with Crippen molar-refractivity contribution >= 4 is 5.97 Å². The van der Waals surface area contributed by atoms with Crippen LogP contribution in [0.1, 0.15) is 17.2 Å². The van der Waals surface area contributed by atoms with Crippen molar-refractivity contribution in [1.82, 2.24) is 14.5 Å². The molecule has 1 heterocycles. The number of rotatable bonds is 8. The maximum atomic E-state index is 12.4. The summed E-state index contributed by atoms with van der Waals surface area (Å²) in [5, 5.41) is 0. The van der Waals surface area contributed by atoms with Crippen LogP contribution in [0, 0.1) is 0 Å². The van der Waals surface area contributed by atoms with Gasteiger partial charge in [0.15, 0.2) is 0 Å². The molecule has 2 aromatic carbocycles. The van der Waals surface area contributed by atoms with Crippen molar-refractivity contribution in [1.29, 1.82) is 0 Å². The molecule has 5 nitrogen and oxygen atoms in total. The van der Waals surface area contributed by atoms with Crippen molar-refractivity contribution in [3.63, 3.8) is 0 Å². The molecule has 0 amide bonds. The van der Waals surface area contributed by atoms with Gasteiger partial charge in [0.2, 0.25) is 0 Å². The standard InChI is InChI=1S/C21H23N3O2/c1-26-21(25)20(24-13-12-22-17-24)16-23(14-18-8-4-2-5-9-18)15-19-10-6-3-7-11-19/h2-13,17,20H,14-16H2,1H3/t20-/m0/s1. The van der Waals surface area contributed by atoms with Gasteiger partial charge in [0.25, 0.3) is 0 Å². The van der Waals surface area contributed by atoms with Crippen LogP contribution >= 0.6 is 0 Å². The molecule has 0 fully saturated rings. The first kappa shape index (κ1) is 17.9. The zero-order valence-electron chi connectivity index (χ0n) is 14.9. The Morgan fingerprint density at radius 1 is 1.04 bits per heavy atom. The number of benzene rings is 2.